The maximum Gasteiger partial charge on any atom is 0.250 e. The molecular weight excluding hydrogens is 422 g/mol. The molecule has 0 radical (unpaired) electrons. The largest absolute Gasteiger partial charge is 0.497 e. The Morgan fingerprint density at radius 3 is 2.70 bits per heavy atom. The number of aromatic nitrogens is 3. The number of hydrogen-bond acceptors (Lipinski definition) is 6. The SMILES string of the molecule is COc1ccc(-n2ncc(C(=O)[C@H]3CCCN(C(=O)CCn4ccccc4=O)C3)c2N)cc1. The van der Waals surface area contributed by atoms with Crippen LogP contribution in [0.1, 0.15) is 29.6 Å². The summed E-state index contributed by atoms with van der Waals surface area (Å²) in [6.45, 7) is 1.26. The lowest BCUT2D eigenvalue weighted by molar-refractivity contribution is -0.132. The third kappa shape index (κ3) is 4.82. The summed E-state index contributed by atoms with van der Waals surface area (Å²) in [5, 5.41) is 4.30. The van der Waals surface area contributed by atoms with Gasteiger partial charge in [0.2, 0.25) is 5.91 Å². The van der Waals surface area contributed by atoms with Crippen LogP contribution in [0.2, 0.25) is 0 Å². The molecule has 1 aliphatic rings. The van der Waals surface area contributed by atoms with Gasteiger partial charge in [0.05, 0.1) is 24.6 Å². The van der Waals surface area contributed by atoms with Gasteiger partial charge in [-0.1, -0.05) is 6.07 Å². The van der Waals surface area contributed by atoms with Crippen molar-refractivity contribution in [1.29, 1.82) is 0 Å². The Kier molecular flexibility index (Phi) is 6.58. The Labute approximate surface area is 191 Å². The van der Waals surface area contributed by atoms with Crippen LogP contribution in [0.3, 0.4) is 0 Å². The minimum atomic E-state index is -0.335. The number of nitrogens with two attached hydrogens (primary N) is 1. The van der Waals surface area contributed by atoms with Gasteiger partial charge >= 0.3 is 0 Å². The van der Waals surface area contributed by atoms with Crippen LogP contribution >= 0.6 is 0 Å². The molecule has 3 heterocycles. The molecule has 1 aliphatic heterocycles. The number of likely N-dealkylation sites (tertiary alicyclic amines) is 1. The van der Waals surface area contributed by atoms with Crippen LogP contribution in [-0.4, -0.2) is 51.1 Å². The van der Waals surface area contributed by atoms with E-state index in [-0.39, 0.29) is 35.4 Å². The molecule has 3 aromatic rings. The van der Waals surface area contributed by atoms with Crippen LogP contribution < -0.4 is 16.0 Å². The van der Waals surface area contributed by atoms with E-state index >= 15 is 0 Å². The predicted molar refractivity (Wildman–Crippen MR) is 123 cm³/mol. The van der Waals surface area contributed by atoms with Crippen molar-refractivity contribution in [3.63, 3.8) is 0 Å². The second-order valence-electron chi connectivity index (χ2n) is 8.08. The lowest BCUT2D eigenvalue weighted by atomic mass is 9.90. The van der Waals surface area contributed by atoms with Crippen molar-refractivity contribution in [2.75, 3.05) is 25.9 Å². The number of pyridine rings is 1. The average Bonchev–Trinajstić information content (AvgIpc) is 3.24. The zero-order valence-corrected chi connectivity index (χ0v) is 18.5. The van der Waals surface area contributed by atoms with Gasteiger partial charge in [0.1, 0.15) is 11.6 Å². The number of nitrogens with zero attached hydrogens (tertiary/aromatic N) is 4. The molecule has 1 fully saturated rings. The topological polar surface area (TPSA) is 112 Å². The van der Waals surface area contributed by atoms with Gasteiger partial charge < -0.3 is 19.9 Å². The zero-order chi connectivity index (χ0) is 23.4. The molecule has 2 N–H and O–H groups in total. The Morgan fingerprint density at radius 1 is 1.18 bits per heavy atom. The molecule has 0 spiro atoms. The fourth-order valence-corrected chi connectivity index (χ4v) is 4.13. The lowest BCUT2D eigenvalue weighted by Crippen LogP contribution is -2.42. The molecular formula is C24H27N5O4. The number of nitrogen functional groups attached to an aromatic ring is 1. The Hall–Kier alpha value is -3.88. The van der Waals surface area contributed by atoms with Gasteiger partial charge in [0.25, 0.3) is 5.56 Å². The number of piperidine rings is 1. The van der Waals surface area contributed by atoms with Crippen molar-refractivity contribution in [3.8, 4) is 11.4 Å². The lowest BCUT2D eigenvalue weighted by Gasteiger charge is -2.32. The summed E-state index contributed by atoms with van der Waals surface area (Å²) in [4.78, 5) is 39.5. The highest BCUT2D eigenvalue weighted by atomic mass is 16.5. The first-order valence-electron chi connectivity index (χ1n) is 10.9. The highest BCUT2D eigenvalue weighted by Crippen LogP contribution is 2.26. The monoisotopic (exact) mass is 449 g/mol. The number of amides is 1. The van der Waals surface area contributed by atoms with E-state index < -0.39 is 0 Å². The summed E-state index contributed by atoms with van der Waals surface area (Å²) in [7, 11) is 1.59. The van der Waals surface area contributed by atoms with Crippen LogP contribution in [0.15, 0.2) is 59.7 Å². The zero-order valence-electron chi connectivity index (χ0n) is 18.5. The minimum absolute atomic E-state index is 0.0647. The highest BCUT2D eigenvalue weighted by molar-refractivity contribution is 6.02. The molecule has 2 aromatic heterocycles. The molecule has 9 heteroatoms. The van der Waals surface area contributed by atoms with E-state index in [0.717, 1.165) is 12.1 Å². The van der Waals surface area contributed by atoms with Gasteiger partial charge in [-0.25, -0.2) is 4.68 Å². The number of rotatable bonds is 7. The van der Waals surface area contributed by atoms with Crippen LogP contribution in [-0.2, 0) is 11.3 Å². The van der Waals surface area contributed by atoms with E-state index in [2.05, 4.69) is 5.10 Å². The molecule has 172 valence electrons. The fraction of sp³-hybridized carbons (Fsp3) is 0.333. The number of hydrogen-bond donors (Lipinski definition) is 1. The van der Waals surface area contributed by atoms with Crippen LogP contribution in [0.5, 0.6) is 5.75 Å². The number of aryl methyl sites for hydroxylation is 1. The third-order valence-electron chi connectivity index (χ3n) is 6.00. The fourth-order valence-electron chi connectivity index (χ4n) is 4.13. The molecule has 0 unspecified atom stereocenters. The number of carbonyl (C=O) groups excluding carboxylic acids is 2. The Bertz CT molecular complexity index is 1200. The second kappa shape index (κ2) is 9.72. The van der Waals surface area contributed by atoms with Crippen molar-refractivity contribution in [2.24, 2.45) is 5.92 Å². The normalized spacial score (nSPS) is 15.9. The average molecular weight is 450 g/mol. The summed E-state index contributed by atoms with van der Waals surface area (Å²) in [5.41, 5.74) is 7.22. The van der Waals surface area contributed by atoms with E-state index in [1.807, 2.05) is 12.1 Å². The number of benzene rings is 1. The minimum Gasteiger partial charge on any atom is -0.497 e. The molecule has 1 saturated heterocycles. The number of anilines is 1. The third-order valence-corrected chi connectivity index (χ3v) is 6.00. The number of ketones is 1. The number of carbonyl (C=O) groups is 2. The van der Waals surface area contributed by atoms with Crippen molar-refractivity contribution in [2.45, 2.75) is 25.8 Å². The van der Waals surface area contributed by atoms with Crippen molar-refractivity contribution in [1.82, 2.24) is 19.2 Å². The van der Waals surface area contributed by atoms with Crippen molar-refractivity contribution < 1.29 is 14.3 Å². The van der Waals surface area contributed by atoms with Gasteiger partial charge in [0, 0.05) is 44.2 Å². The second-order valence-corrected chi connectivity index (χ2v) is 8.08. The van der Waals surface area contributed by atoms with Crippen LogP contribution in [0.25, 0.3) is 5.69 Å². The van der Waals surface area contributed by atoms with E-state index in [9.17, 15) is 14.4 Å². The van der Waals surface area contributed by atoms with Gasteiger partial charge in [-0.05, 0) is 43.2 Å². The van der Waals surface area contributed by atoms with Crippen LogP contribution in [0.4, 0.5) is 5.82 Å². The first kappa shape index (κ1) is 22.3. The maximum atomic E-state index is 13.2. The molecule has 0 aliphatic carbocycles. The van der Waals surface area contributed by atoms with Crippen molar-refractivity contribution in [3.05, 3.63) is 70.8 Å². The molecule has 9 nitrogen and oxygen atoms in total. The predicted octanol–water partition coefficient (Wildman–Crippen LogP) is 2.14. The van der Waals surface area contributed by atoms with Gasteiger partial charge in [-0.2, -0.15) is 5.10 Å². The molecule has 1 aromatic carbocycles. The summed E-state index contributed by atoms with van der Waals surface area (Å²) in [5.74, 6) is 0.481. The van der Waals surface area contributed by atoms with Crippen LogP contribution in [0, 0.1) is 5.92 Å². The summed E-state index contributed by atoms with van der Waals surface area (Å²) in [6.07, 6.45) is 4.79. The van der Waals surface area contributed by atoms with Gasteiger partial charge in [0.15, 0.2) is 5.78 Å². The number of methoxy groups -OCH3 is 1. The standard InChI is InChI=1S/C24H27N5O4/c1-33-19-9-7-18(8-10-19)29-24(25)20(15-26-29)23(32)17-5-4-13-28(16-17)22(31)11-14-27-12-3-2-6-21(27)30/h2-3,6-10,12,15,17H,4-5,11,13-14,16,25H2,1H3/t17-/m0/s1. The van der Waals surface area contributed by atoms with E-state index in [0.29, 0.717) is 37.4 Å². The number of Topliss-reactive ketones (excluding diaryl/α,β-unsaturated/α-hetero) is 1. The summed E-state index contributed by atoms with van der Waals surface area (Å²) >= 11 is 0. The van der Waals surface area contributed by atoms with E-state index in [4.69, 9.17) is 10.5 Å². The Balaban J connectivity index is 1.42. The first-order chi connectivity index (χ1) is 16.0. The van der Waals surface area contributed by atoms with E-state index in [1.165, 1.54) is 21.5 Å². The quantitative estimate of drug-likeness (QED) is 0.553. The van der Waals surface area contributed by atoms with Gasteiger partial charge in [-0.15, -0.1) is 0 Å². The molecule has 0 bridgehead atoms. The molecule has 33 heavy (non-hydrogen) atoms. The molecule has 0 saturated carbocycles. The molecule has 4 rings (SSSR count). The van der Waals surface area contributed by atoms with E-state index in [1.54, 1.807) is 42.5 Å². The molecule has 1 atom stereocenters. The number of ether oxygens (including phenoxy) is 1. The highest BCUT2D eigenvalue weighted by Gasteiger charge is 2.31. The molecule has 1 amide bonds. The first-order valence-corrected chi connectivity index (χ1v) is 10.9. The van der Waals surface area contributed by atoms with Gasteiger partial charge in [-0.3, -0.25) is 14.4 Å². The summed E-state index contributed by atoms with van der Waals surface area (Å²) in [6, 6.07) is 12.1. The van der Waals surface area contributed by atoms with Crippen molar-refractivity contribution >= 4 is 17.5 Å². The summed E-state index contributed by atoms with van der Waals surface area (Å²) < 4.78 is 8.21. The maximum absolute atomic E-state index is 13.2. The Morgan fingerprint density at radius 2 is 1.97 bits per heavy atom. The smallest absolute Gasteiger partial charge is 0.250 e.